The first-order valence-corrected chi connectivity index (χ1v) is 7.52. The topological polar surface area (TPSA) is 88.3 Å². The predicted octanol–water partition coefficient (Wildman–Crippen LogP) is 1.62. The van der Waals surface area contributed by atoms with Crippen LogP contribution in [0.15, 0.2) is 28.3 Å². The molecule has 0 bridgehead atoms. The zero-order chi connectivity index (χ0) is 14.7. The molecular formula is C13H14N4O3S. The summed E-state index contributed by atoms with van der Waals surface area (Å²) in [5.74, 6) is -0.223. The first kappa shape index (κ1) is 13.7. The number of aromatic nitrogens is 2. The van der Waals surface area contributed by atoms with Gasteiger partial charge in [0.05, 0.1) is 12.2 Å². The minimum Gasteiger partial charge on any atom is -0.459 e. The lowest BCUT2D eigenvalue weighted by molar-refractivity contribution is -0.121. The van der Waals surface area contributed by atoms with Crippen molar-refractivity contribution in [2.24, 2.45) is 5.92 Å². The van der Waals surface area contributed by atoms with Gasteiger partial charge in [-0.3, -0.25) is 9.59 Å². The molecule has 0 saturated carbocycles. The number of rotatable bonds is 3. The molecule has 110 valence electrons. The molecule has 2 aromatic heterocycles. The molecule has 1 N–H and O–H groups in total. The summed E-state index contributed by atoms with van der Waals surface area (Å²) in [6, 6.07) is 3.31. The van der Waals surface area contributed by atoms with Crippen LogP contribution in [0.4, 0.5) is 5.13 Å². The Morgan fingerprint density at radius 2 is 2.38 bits per heavy atom. The van der Waals surface area contributed by atoms with Crippen molar-refractivity contribution >= 4 is 28.3 Å². The van der Waals surface area contributed by atoms with E-state index in [-0.39, 0.29) is 17.7 Å². The summed E-state index contributed by atoms with van der Waals surface area (Å²) in [4.78, 5) is 26.1. The predicted molar refractivity (Wildman–Crippen MR) is 75.9 cm³/mol. The number of furan rings is 1. The fraction of sp³-hybridized carbons (Fsp3) is 0.385. The van der Waals surface area contributed by atoms with Crippen LogP contribution in [0.1, 0.15) is 23.4 Å². The van der Waals surface area contributed by atoms with Gasteiger partial charge in [-0.05, 0) is 25.0 Å². The maximum absolute atomic E-state index is 12.2. The normalized spacial score (nSPS) is 18.5. The minimum absolute atomic E-state index is 0.122. The van der Waals surface area contributed by atoms with Gasteiger partial charge in [-0.2, -0.15) is 0 Å². The quantitative estimate of drug-likeness (QED) is 0.931. The second-order valence-corrected chi connectivity index (χ2v) is 5.63. The van der Waals surface area contributed by atoms with E-state index in [4.69, 9.17) is 4.42 Å². The number of nitrogens with one attached hydrogen (secondary N) is 1. The molecule has 3 rings (SSSR count). The molecule has 1 aliphatic rings. The maximum Gasteiger partial charge on any atom is 0.289 e. The Labute approximate surface area is 125 Å². The Kier molecular flexibility index (Phi) is 3.96. The Balaban J connectivity index is 1.63. The van der Waals surface area contributed by atoms with E-state index in [1.165, 1.54) is 17.6 Å². The van der Waals surface area contributed by atoms with E-state index in [1.54, 1.807) is 22.5 Å². The number of amides is 2. The number of nitrogens with zero attached hydrogens (tertiary/aromatic N) is 3. The van der Waals surface area contributed by atoms with E-state index >= 15 is 0 Å². The van der Waals surface area contributed by atoms with E-state index in [1.807, 2.05) is 0 Å². The molecule has 1 fully saturated rings. The van der Waals surface area contributed by atoms with E-state index in [0.717, 1.165) is 12.8 Å². The second kappa shape index (κ2) is 6.04. The monoisotopic (exact) mass is 306 g/mol. The van der Waals surface area contributed by atoms with Crippen LogP contribution in [0.25, 0.3) is 0 Å². The van der Waals surface area contributed by atoms with Crippen LogP contribution >= 0.6 is 11.3 Å². The molecule has 7 nitrogen and oxygen atoms in total. The zero-order valence-electron chi connectivity index (χ0n) is 11.2. The van der Waals surface area contributed by atoms with Gasteiger partial charge in [0.25, 0.3) is 5.91 Å². The molecule has 1 unspecified atom stereocenters. The zero-order valence-corrected chi connectivity index (χ0v) is 12.0. The molecule has 0 aliphatic carbocycles. The van der Waals surface area contributed by atoms with Gasteiger partial charge in [0.1, 0.15) is 5.51 Å². The van der Waals surface area contributed by atoms with Gasteiger partial charge in [-0.15, -0.1) is 10.2 Å². The Bertz CT molecular complexity index is 611. The van der Waals surface area contributed by atoms with Crippen LogP contribution in [-0.4, -0.2) is 40.0 Å². The van der Waals surface area contributed by atoms with Crippen LogP contribution in [0.3, 0.4) is 0 Å². The third kappa shape index (κ3) is 3.10. The number of anilines is 1. The SMILES string of the molecule is O=C(Nc1nncs1)C1CCCN(C(=O)c2ccco2)C1. The van der Waals surface area contributed by atoms with Crippen LogP contribution in [0, 0.1) is 5.92 Å². The minimum atomic E-state index is -0.235. The number of carbonyl (C=O) groups excluding carboxylic acids is 2. The Morgan fingerprint density at radius 1 is 1.48 bits per heavy atom. The molecule has 2 aromatic rings. The molecule has 1 atom stereocenters. The fourth-order valence-corrected chi connectivity index (χ4v) is 2.81. The van der Waals surface area contributed by atoms with E-state index < -0.39 is 0 Å². The highest BCUT2D eigenvalue weighted by Crippen LogP contribution is 2.21. The van der Waals surface area contributed by atoms with Crippen molar-refractivity contribution < 1.29 is 14.0 Å². The molecular weight excluding hydrogens is 292 g/mol. The Morgan fingerprint density at radius 3 is 3.10 bits per heavy atom. The number of hydrogen-bond acceptors (Lipinski definition) is 6. The number of carbonyl (C=O) groups is 2. The maximum atomic E-state index is 12.2. The van der Waals surface area contributed by atoms with Gasteiger partial charge >= 0.3 is 0 Å². The lowest BCUT2D eigenvalue weighted by Gasteiger charge is -2.31. The molecule has 21 heavy (non-hydrogen) atoms. The van der Waals surface area contributed by atoms with Gasteiger partial charge in [0.2, 0.25) is 11.0 Å². The molecule has 8 heteroatoms. The highest BCUT2D eigenvalue weighted by molar-refractivity contribution is 7.13. The lowest BCUT2D eigenvalue weighted by atomic mass is 9.97. The summed E-state index contributed by atoms with van der Waals surface area (Å²) in [7, 11) is 0. The molecule has 0 spiro atoms. The van der Waals surface area contributed by atoms with Crippen LogP contribution in [-0.2, 0) is 4.79 Å². The lowest BCUT2D eigenvalue weighted by Crippen LogP contribution is -2.43. The summed E-state index contributed by atoms with van der Waals surface area (Å²) < 4.78 is 5.12. The van der Waals surface area contributed by atoms with Crippen molar-refractivity contribution in [2.45, 2.75) is 12.8 Å². The van der Waals surface area contributed by atoms with E-state index in [9.17, 15) is 9.59 Å². The highest BCUT2D eigenvalue weighted by atomic mass is 32.1. The van der Waals surface area contributed by atoms with Crippen LogP contribution in [0.5, 0.6) is 0 Å². The van der Waals surface area contributed by atoms with E-state index in [0.29, 0.717) is 24.0 Å². The van der Waals surface area contributed by atoms with Crippen molar-refractivity contribution in [1.82, 2.24) is 15.1 Å². The van der Waals surface area contributed by atoms with Crippen molar-refractivity contribution in [3.05, 3.63) is 29.7 Å². The van der Waals surface area contributed by atoms with Crippen molar-refractivity contribution in [3.63, 3.8) is 0 Å². The molecule has 0 radical (unpaired) electrons. The Hall–Kier alpha value is -2.22. The van der Waals surface area contributed by atoms with Crippen LogP contribution in [0.2, 0.25) is 0 Å². The number of piperidine rings is 1. The third-order valence-electron chi connectivity index (χ3n) is 3.40. The molecule has 2 amide bonds. The number of hydrogen-bond donors (Lipinski definition) is 1. The fourth-order valence-electron chi connectivity index (χ4n) is 2.37. The summed E-state index contributed by atoms with van der Waals surface area (Å²) in [6.45, 7) is 1.03. The highest BCUT2D eigenvalue weighted by Gasteiger charge is 2.30. The first-order valence-electron chi connectivity index (χ1n) is 6.64. The smallest absolute Gasteiger partial charge is 0.289 e. The summed E-state index contributed by atoms with van der Waals surface area (Å²) in [5, 5.41) is 10.7. The average molecular weight is 306 g/mol. The molecule has 1 aliphatic heterocycles. The van der Waals surface area contributed by atoms with Gasteiger partial charge in [-0.25, -0.2) is 0 Å². The summed E-state index contributed by atoms with van der Waals surface area (Å²) in [5.41, 5.74) is 1.56. The molecule has 1 saturated heterocycles. The number of likely N-dealkylation sites (tertiary alicyclic amines) is 1. The standard InChI is InChI=1S/C13H14N4O3S/c18-11(15-13-16-14-8-21-13)9-3-1-5-17(7-9)12(19)10-4-2-6-20-10/h2,4,6,8-9H,1,3,5,7H2,(H,15,16,18). The first-order chi connectivity index (χ1) is 10.2. The third-order valence-corrected chi connectivity index (χ3v) is 4.01. The molecule has 3 heterocycles. The van der Waals surface area contributed by atoms with Crippen molar-refractivity contribution in [3.8, 4) is 0 Å². The van der Waals surface area contributed by atoms with Gasteiger partial charge in [-0.1, -0.05) is 11.3 Å². The van der Waals surface area contributed by atoms with Crippen molar-refractivity contribution in [1.29, 1.82) is 0 Å². The summed E-state index contributed by atoms with van der Waals surface area (Å²) >= 11 is 1.27. The van der Waals surface area contributed by atoms with Gasteiger partial charge < -0.3 is 14.6 Å². The summed E-state index contributed by atoms with van der Waals surface area (Å²) in [6.07, 6.45) is 3.02. The van der Waals surface area contributed by atoms with Gasteiger partial charge in [0.15, 0.2) is 5.76 Å². The second-order valence-electron chi connectivity index (χ2n) is 4.80. The van der Waals surface area contributed by atoms with Gasteiger partial charge in [0, 0.05) is 13.1 Å². The molecule has 0 aromatic carbocycles. The average Bonchev–Trinajstić information content (AvgIpc) is 3.20. The van der Waals surface area contributed by atoms with E-state index in [2.05, 4.69) is 15.5 Å². The largest absolute Gasteiger partial charge is 0.459 e. The van der Waals surface area contributed by atoms with Crippen LogP contribution < -0.4 is 5.32 Å². The van der Waals surface area contributed by atoms with Crippen molar-refractivity contribution in [2.75, 3.05) is 18.4 Å².